The highest BCUT2D eigenvalue weighted by atomic mass is 32.2. The van der Waals surface area contributed by atoms with Crippen LogP contribution < -0.4 is 4.72 Å². The highest BCUT2D eigenvalue weighted by molar-refractivity contribution is 7.92. The molecule has 134 valence electrons. The Morgan fingerprint density at radius 3 is 2.27 bits per heavy atom. The van der Waals surface area contributed by atoms with Crippen LogP contribution in [0.25, 0.3) is 11.1 Å². The van der Waals surface area contributed by atoms with Crippen molar-refractivity contribution >= 4 is 15.7 Å². The summed E-state index contributed by atoms with van der Waals surface area (Å²) in [6.45, 7) is 1.94. The second-order valence-electron chi connectivity index (χ2n) is 5.36. The van der Waals surface area contributed by atoms with E-state index in [0.29, 0.717) is 23.4 Å². The maximum atomic E-state index is 13.6. The fourth-order valence-corrected chi connectivity index (χ4v) is 3.16. The summed E-state index contributed by atoms with van der Waals surface area (Å²) in [7, 11) is -4.16. The smallest absolute Gasteiger partial charge is 0.275 e. The lowest BCUT2D eigenvalue weighted by Gasteiger charge is -2.09. The Balaban J connectivity index is 1.85. The van der Waals surface area contributed by atoms with Crippen molar-refractivity contribution in [2.24, 2.45) is 0 Å². The number of halogens is 2. The zero-order valence-corrected chi connectivity index (χ0v) is 14.5. The van der Waals surface area contributed by atoms with E-state index in [4.69, 9.17) is 0 Å². The molecule has 2 heterocycles. The summed E-state index contributed by atoms with van der Waals surface area (Å²) in [6.07, 6.45) is 5.30. The monoisotopic (exact) mass is 376 g/mol. The van der Waals surface area contributed by atoms with Crippen molar-refractivity contribution in [2.45, 2.75) is 18.4 Å². The lowest BCUT2D eigenvalue weighted by atomic mass is 10.1. The van der Waals surface area contributed by atoms with Crippen LogP contribution >= 0.6 is 0 Å². The molecule has 0 amide bonds. The third-order valence-electron chi connectivity index (χ3n) is 3.54. The van der Waals surface area contributed by atoms with Crippen LogP contribution in [0.15, 0.2) is 53.9 Å². The normalized spacial score (nSPS) is 11.3. The van der Waals surface area contributed by atoms with Gasteiger partial charge >= 0.3 is 0 Å². The molecule has 0 aliphatic carbocycles. The first-order valence-electron chi connectivity index (χ1n) is 7.64. The van der Waals surface area contributed by atoms with E-state index in [9.17, 15) is 17.2 Å². The molecule has 26 heavy (non-hydrogen) atoms. The van der Waals surface area contributed by atoms with Crippen molar-refractivity contribution in [3.63, 3.8) is 0 Å². The number of aryl methyl sites for hydroxylation is 1. The molecule has 0 bridgehead atoms. The predicted octanol–water partition coefficient (Wildman–Crippen LogP) is 3.18. The number of nitrogens with zero attached hydrogens (tertiary/aromatic N) is 3. The van der Waals surface area contributed by atoms with E-state index < -0.39 is 27.3 Å². The van der Waals surface area contributed by atoms with E-state index in [-0.39, 0.29) is 5.03 Å². The number of hydrogen-bond donors (Lipinski definition) is 1. The van der Waals surface area contributed by atoms with Crippen LogP contribution in [0.2, 0.25) is 0 Å². The van der Waals surface area contributed by atoms with E-state index in [1.807, 2.05) is 11.6 Å². The standard InChI is InChI=1S/C17H14F2N4O2S/c1-2-16-20-9-12(10-21-16)11-3-6-17(22-8-11)26(24,25)23-15-7-13(18)4-5-14(15)19/h3-10,23H,2H2,1H3. The molecule has 1 N–H and O–H groups in total. The van der Waals surface area contributed by atoms with E-state index in [0.717, 1.165) is 18.2 Å². The van der Waals surface area contributed by atoms with Crippen molar-refractivity contribution in [3.8, 4) is 11.1 Å². The summed E-state index contributed by atoms with van der Waals surface area (Å²) < 4.78 is 53.4. The second kappa shape index (κ2) is 7.12. The molecular weight excluding hydrogens is 362 g/mol. The summed E-state index contributed by atoms with van der Waals surface area (Å²) in [6, 6.07) is 5.29. The number of aromatic nitrogens is 3. The second-order valence-corrected chi connectivity index (χ2v) is 6.99. The van der Waals surface area contributed by atoms with E-state index >= 15 is 0 Å². The van der Waals surface area contributed by atoms with Gasteiger partial charge in [0, 0.05) is 42.2 Å². The summed E-state index contributed by atoms with van der Waals surface area (Å²) in [5.74, 6) is -0.954. The van der Waals surface area contributed by atoms with Gasteiger partial charge in [-0.2, -0.15) is 8.42 Å². The lowest BCUT2D eigenvalue weighted by molar-refractivity contribution is 0.592. The van der Waals surface area contributed by atoms with E-state index in [1.165, 1.54) is 18.3 Å². The zero-order valence-electron chi connectivity index (χ0n) is 13.6. The van der Waals surface area contributed by atoms with Gasteiger partial charge < -0.3 is 0 Å². The van der Waals surface area contributed by atoms with E-state index in [2.05, 4.69) is 15.0 Å². The molecule has 3 aromatic rings. The van der Waals surface area contributed by atoms with Crippen LogP contribution in [-0.2, 0) is 16.4 Å². The fourth-order valence-electron chi connectivity index (χ4n) is 2.17. The van der Waals surface area contributed by atoms with Crippen LogP contribution in [0, 0.1) is 11.6 Å². The van der Waals surface area contributed by atoms with Gasteiger partial charge in [-0.3, -0.25) is 4.72 Å². The largest absolute Gasteiger partial charge is 0.279 e. The SMILES string of the molecule is CCc1ncc(-c2ccc(S(=O)(=O)Nc3cc(F)ccc3F)nc2)cn1. The molecule has 0 radical (unpaired) electrons. The number of pyridine rings is 1. The Bertz CT molecular complexity index is 1020. The molecular formula is C17H14F2N4O2S. The minimum Gasteiger partial charge on any atom is -0.275 e. The van der Waals surface area contributed by atoms with Gasteiger partial charge in [-0.15, -0.1) is 0 Å². The molecule has 0 atom stereocenters. The number of anilines is 1. The summed E-state index contributed by atoms with van der Waals surface area (Å²) in [5.41, 5.74) is 0.825. The molecule has 6 nitrogen and oxygen atoms in total. The molecule has 1 aromatic carbocycles. The maximum absolute atomic E-state index is 13.6. The molecule has 0 saturated carbocycles. The Morgan fingerprint density at radius 1 is 0.962 bits per heavy atom. The summed E-state index contributed by atoms with van der Waals surface area (Å²) >= 11 is 0. The average Bonchev–Trinajstić information content (AvgIpc) is 2.65. The number of nitrogens with one attached hydrogen (secondary N) is 1. The van der Waals surface area contributed by atoms with Gasteiger partial charge in [-0.25, -0.2) is 23.7 Å². The molecule has 0 spiro atoms. The molecule has 9 heteroatoms. The van der Waals surface area contributed by atoms with Gasteiger partial charge in [-0.1, -0.05) is 6.92 Å². The van der Waals surface area contributed by atoms with Crippen LogP contribution in [0.3, 0.4) is 0 Å². The van der Waals surface area contributed by atoms with Crippen molar-refractivity contribution < 1.29 is 17.2 Å². The van der Waals surface area contributed by atoms with Gasteiger partial charge in [0.2, 0.25) is 0 Å². The number of hydrogen-bond acceptors (Lipinski definition) is 5. The van der Waals surface area contributed by atoms with Crippen molar-refractivity contribution in [2.75, 3.05) is 4.72 Å². The van der Waals surface area contributed by atoms with Gasteiger partial charge in [0.15, 0.2) is 5.03 Å². The van der Waals surface area contributed by atoms with E-state index in [1.54, 1.807) is 12.4 Å². The highest BCUT2D eigenvalue weighted by Crippen LogP contribution is 2.21. The van der Waals surface area contributed by atoms with Crippen LogP contribution in [0.4, 0.5) is 14.5 Å². The Morgan fingerprint density at radius 2 is 1.65 bits per heavy atom. The van der Waals surface area contributed by atoms with Gasteiger partial charge in [0.1, 0.15) is 17.5 Å². The fraction of sp³-hybridized carbons (Fsp3) is 0.118. The Labute approximate surface area is 149 Å². The predicted molar refractivity (Wildman–Crippen MR) is 91.8 cm³/mol. The molecule has 0 aliphatic heterocycles. The minimum absolute atomic E-state index is 0.323. The topological polar surface area (TPSA) is 84.8 Å². The van der Waals surface area contributed by atoms with Gasteiger partial charge in [0.25, 0.3) is 10.0 Å². The van der Waals surface area contributed by atoms with Crippen LogP contribution in [-0.4, -0.2) is 23.4 Å². The average molecular weight is 376 g/mol. The van der Waals surface area contributed by atoms with Crippen molar-refractivity contribution in [1.82, 2.24) is 15.0 Å². The molecule has 0 fully saturated rings. The first-order valence-corrected chi connectivity index (χ1v) is 9.12. The first kappa shape index (κ1) is 17.9. The van der Waals surface area contributed by atoms with Crippen LogP contribution in [0.5, 0.6) is 0 Å². The molecule has 0 aliphatic rings. The van der Waals surface area contributed by atoms with Gasteiger partial charge in [0.05, 0.1) is 5.69 Å². The van der Waals surface area contributed by atoms with Crippen LogP contribution in [0.1, 0.15) is 12.7 Å². The zero-order chi connectivity index (χ0) is 18.7. The third kappa shape index (κ3) is 3.83. The maximum Gasteiger partial charge on any atom is 0.279 e. The lowest BCUT2D eigenvalue weighted by Crippen LogP contribution is -2.15. The molecule has 2 aromatic heterocycles. The molecule has 0 saturated heterocycles. The van der Waals surface area contributed by atoms with Crippen molar-refractivity contribution in [3.05, 3.63) is 66.4 Å². The number of benzene rings is 1. The third-order valence-corrected chi connectivity index (χ3v) is 4.82. The molecule has 3 rings (SSSR count). The number of rotatable bonds is 5. The Hall–Kier alpha value is -2.94. The quantitative estimate of drug-likeness (QED) is 0.739. The number of sulfonamides is 1. The summed E-state index contributed by atoms with van der Waals surface area (Å²) in [4.78, 5) is 12.2. The molecule has 0 unspecified atom stereocenters. The first-order chi connectivity index (χ1) is 12.4. The van der Waals surface area contributed by atoms with Gasteiger partial charge in [-0.05, 0) is 24.3 Å². The Kier molecular flexibility index (Phi) is 4.90. The highest BCUT2D eigenvalue weighted by Gasteiger charge is 2.18. The summed E-state index contributed by atoms with van der Waals surface area (Å²) in [5, 5.41) is -0.323. The van der Waals surface area contributed by atoms with Crippen molar-refractivity contribution in [1.29, 1.82) is 0 Å². The minimum atomic E-state index is -4.16.